The monoisotopic (exact) mass is 302 g/mol. The molecule has 1 nitrogen and oxygen atoms in total. The van der Waals surface area contributed by atoms with Gasteiger partial charge >= 0.3 is 0 Å². The standard InChI is InChI=1S/C21H34O/c1-22-11-7-5-3-2-4-6-8-13-12-16-17(13)21-19-15-10-9-14(15)18(19)20(16)21/h13-21H,2-12H2,1H3. The first-order valence-electron chi connectivity index (χ1n) is 10.4. The van der Waals surface area contributed by atoms with Crippen LogP contribution < -0.4 is 0 Å². The van der Waals surface area contributed by atoms with E-state index in [0.29, 0.717) is 0 Å². The molecular formula is C21H34O. The molecule has 9 unspecified atom stereocenters. The molecule has 5 saturated carbocycles. The van der Waals surface area contributed by atoms with Crippen molar-refractivity contribution in [1.29, 1.82) is 0 Å². The lowest BCUT2D eigenvalue weighted by atomic mass is 9.20. The van der Waals surface area contributed by atoms with Crippen LogP contribution >= 0.6 is 0 Å². The third kappa shape index (κ3) is 1.81. The minimum absolute atomic E-state index is 0.956. The fourth-order valence-corrected chi connectivity index (χ4v) is 7.82. The predicted octanol–water partition coefficient (Wildman–Crippen LogP) is 5.15. The summed E-state index contributed by atoms with van der Waals surface area (Å²) in [6.07, 6.45) is 15.0. The van der Waals surface area contributed by atoms with E-state index < -0.39 is 0 Å². The molecule has 5 aliphatic rings. The minimum atomic E-state index is 0.956. The Balaban J connectivity index is 0.979. The van der Waals surface area contributed by atoms with Crippen LogP contribution in [0, 0.1) is 53.3 Å². The quantitative estimate of drug-likeness (QED) is 0.423. The molecule has 0 aromatic rings. The van der Waals surface area contributed by atoms with Gasteiger partial charge in [0.1, 0.15) is 0 Å². The lowest BCUT2D eigenvalue weighted by Gasteiger charge is -2.85. The van der Waals surface area contributed by atoms with Gasteiger partial charge in [0.15, 0.2) is 0 Å². The van der Waals surface area contributed by atoms with E-state index in [0.717, 1.165) is 6.61 Å². The number of unbranched alkanes of at least 4 members (excludes halogenated alkanes) is 5. The second kappa shape index (κ2) is 5.50. The summed E-state index contributed by atoms with van der Waals surface area (Å²) in [5.74, 6) is 11.1. The highest BCUT2D eigenvalue weighted by molar-refractivity contribution is 5.26. The maximum Gasteiger partial charge on any atom is 0.0462 e. The van der Waals surface area contributed by atoms with Crippen LogP contribution in [0.4, 0.5) is 0 Å². The summed E-state index contributed by atoms with van der Waals surface area (Å²) in [7, 11) is 1.82. The van der Waals surface area contributed by atoms with Crippen molar-refractivity contribution in [2.75, 3.05) is 13.7 Å². The van der Waals surface area contributed by atoms with Crippen LogP contribution in [0.15, 0.2) is 0 Å². The van der Waals surface area contributed by atoms with Crippen LogP contribution in [0.1, 0.15) is 64.2 Å². The molecule has 0 aromatic heterocycles. The van der Waals surface area contributed by atoms with E-state index >= 15 is 0 Å². The molecule has 0 aliphatic heterocycles. The SMILES string of the molecule is COCCCCCCCCC1CC2C1C1C3C4CCC4C3C21. The van der Waals surface area contributed by atoms with E-state index in [1.807, 2.05) is 7.11 Å². The van der Waals surface area contributed by atoms with Crippen LogP contribution in [0.2, 0.25) is 0 Å². The van der Waals surface area contributed by atoms with Crippen molar-refractivity contribution in [2.24, 2.45) is 53.3 Å². The largest absolute Gasteiger partial charge is 0.385 e. The fourth-order valence-electron chi connectivity index (χ4n) is 7.82. The van der Waals surface area contributed by atoms with Gasteiger partial charge in [-0.05, 0) is 78.9 Å². The minimum Gasteiger partial charge on any atom is -0.385 e. The molecule has 0 aromatic carbocycles. The Morgan fingerprint density at radius 1 is 0.682 bits per heavy atom. The van der Waals surface area contributed by atoms with Crippen LogP contribution in [-0.4, -0.2) is 13.7 Å². The average Bonchev–Trinajstić information content (AvgIpc) is 2.48. The van der Waals surface area contributed by atoms with Crippen LogP contribution in [0.5, 0.6) is 0 Å². The van der Waals surface area contributed by atoms with Gasteiger partial charge in [-0.3, -0.25) is 0 Å². The molecule has 0 saturated heterocycles. The molecule has 5 aliphatic carbocycles. The molecular weight excluding hydrogens is 268 g/mol. The van der Waals surface area contributed by atoms with E-state index in [1.54, 1.807) is 25.7 Å². The molecule has 22 heavy (non-hydrogen) atoms. The Hall–Kier alpha value is -0.0400. The van der Waals surface area contributed by atoms with E-state index in [2.05, 4.69) is 0 Å². The van der Waals surface area contributed by atoms with E-state index in [4.69, 9.17) is 4.74 Å². The molecule has 0 bridgehead atoms. The Bertz CT molecular complexity index is 412. The van der Waals surface area contributed by atoms with Gasteiger partial charge in [-0.25, -0.2) is 0 Å². The van der Waals surface area contributed by atoms with Crippen molar-refractivity contribution in [3.63, 3.8) is 0 Å². The highest BCUT2D eigenvalue weighted by Crippen LogP contribution is 2.84. The molecule has 1 heteroatoms. The summed E-state index contributed by atoms with van der Waals surface area (Å²) in [6.45, 7) is 0.956. The molecule has 5 rings (SSSR count). The predicted molar refractivity (Wildman–Crippen MR) is 89.5 cm³/mol. The second-order valence-corrected chi connectivity index (χ2v) is 9.35. The summed E-state index contributed by atoms with van der Waals surface area (Å²) < 4.78 is 5.11. The Morgan fingerprint density at radius 2 is 1.32 bits per heavy atom. The first-order chi connectivity index (χ1) is 10.9. The van der Waals surface area contributed by atoms with Gasteiger partial charge < -0.3 is 4.74 Å². The Morgan fingerprint density at radius 3 is 2.05 bits per heavy atom. The average molecular weight is 303 g/mol. The molecule has 0 heterocycles. The van der Waals surface area contributed by atoms with Crippen molar-refractivity contribution in [1.82, 2.24) is 0 Å². The zero-order valence-electron chi connectivity index (χ0n) is 14.4. The van der Waals surface area contributed by atoms with E-state index in [1.165, 1.54) is 91.8 Å². The summed E-state index contributed by atoms with van der Waals surface area (Å²) in [5, 5.41) is 0. The lowest BCUT2D eigenvalue weighted by Crippen LogP contribution is -2.80. The lowest BCUT2D eigenvalue weighted by molar-refractivity contribution is -0.375. The number of methoxy groups -OCH3 is 1. The molecule has 124 valence electrons. The van der Waals surface area contributed by atoms with Gasteiger partial charge in [0, 0.05) is 13.7 Å². The molecule has 0 amide bonds. The highest BCUT2D eigenvalue weighted by Gasteiger charge is 2.79. The van der Waals surface area contributed by atoms with Gasteiger partial charge in [-0.1, -0.05) is 38.5 Å². The van der Waals surface area contributed by atoms with Gasteiger partial charge in [0.05, 0.1) is 0 Å². The second-order valence-electron chi connectivity index (χ2n) is 9.35. The number of ether oxygens (including phenoxy) is 1. The fraction of sp³-hybridized carbons (Fsp3) is 1.00. The van der Waals surface area contributed by atoms with Crippen LogP contribution in [0.3, 0.4) is 0 Å². The van der Waals surface area contributed by atoms with E-state index in [9.17, 15) is 0 Å². The zero-order chi connectivity index (χ0) is 14.7. The maximum atomic E-state index is 5.11. The zero-order valence-corrected chi connectivity index (χ0v) is 14.4. The van der Waals surface area contributed by atoms with Crippen LogP contribution in [0.25, 0.3) is 0 Å². The number of rotatable bonds is 9. The third-order valence-corrected chi connectivity index (χ3v) is 8.88. The first-order valence-corrected chi connectivity index (χ1v) is 10.4. The van der Waals surface area contributed by atoms with Gasteiger partial charge in [0.25, 0.3) is 0 Å². The Kier molecular flexibility index (Phi) is 3.58. The molecule has 9 atom stereocenters. The highest BCUT2D eigenvalue weighted by atomic mass is 16.5. The van der Waals surface area contributed by atoms with Crippen LogP contribution in [-0.2, 0) is 4.74 Å². The summed E-state index contributed by atoms with van der Waals surface area (Å²) in [4.78, 5) is 0. The third-order valence-electron chi connectivity index (χ3n) is 8.88. The molecule has 5 fully saturated rings. The number of hydrogen-bond acceptors (Lipinski definition) is 1. The molecule has 0 spiro atoms. The van der Waals surface area contributed by atoms with Crippen molar-refractivity contribution >= 4 is 0 Å². The summed E-state index contributed by atoms with van der Waals surface area (Å²) in [5.41, 5.74) is 0. The van der Waals surface area contributed by atoms with Crippen molar-refractivity contribution in [2.45, 2.75) is 64.2 Å². The molecule has 0 radical (unpaired) electrons. The number of hydrogen-bond donors (Lipinski definition) is 0. The summed E-state index contributed by atoms with van der Waals surface area (Å²) >= 11 is 0. The van der Waals surface area contributed by atoms with Gasteiger partial charge in [-0.15, -0.1) is 0 Å². The number of fused-ring (bicyclic) bond motifs is 10. The van der Waals surface area contributed by atoms with Crippen molar-refractivity contribution < 1.29 is 4.74 Å². The normalized spacial score (nSPS) is 52.5. The molecule has 0 N–H and O–H groups in total. The van der Waals surface area contributed by atoms with Crippen molar-refractivity contribution in [3.8, 4) is 0 Å². The summed E-state index contributed by atoms with van der Waals surface area (Å²) in [6, 6.07) is 0. The van der Waals surface area contributed by atoms with Gasteiger partial charge in [-0.2, -0.15) is 0 Å². The van der Waals surface area contributed by atoms with Crippen molar-refractivity contribution in [3.05, 3.63) is 0 Å². The van der Waals surface area contributed by atoms with Gasteiger partial charge in [0.2, 0.25) is 0 Å². The maximum absolute atomic E-state index is 5.11. The first kappa shape index (κ1) is 14.3. The van der Waals surface area contributed by atoms with E-state index in [-0.39, 0.29) is 0 Å². The smallest absolute Gasteiger partial charge is 0.0462 e. The Labute approximate surface area is 136 Å². The topological polar surface area (TPSA) is 9.23 Å².